The summed E-state index contributed by atoms with van der Waals surface area (Å²) >= 11 is 0. The Hall–Kier alpha value is -1.24. The maximum Gasteiger partial charge on any atom is 0.191 e. The molecule has 0 radical (unpaired) electrons. The van der Waals surface area contributed by atoms with Crippen molar-refractivity contribution < 1.29 is 5.11 Å². The van der Waals surface area contributed by atoms with E-state index < -0.39 is 0 Å². The zero-order valence-electron chi connectivity index (χ0n) is 11.2. The molecule has 0 aromatic heterocycles. The quantitative estimate of drug-likeness (QED) is 0.235. The number of phenols is 1. The summed E-state index contributed by atoms with van der Waals surface area (Å²) in [6.07, 6.45) is 3.79. The molecule has 19 heavy (non-hydrogen) atoms. The van der Waals surface area contributed by atoms with E-state index in [1.165, 1.54) is 5.56 Å². The predicted octanol–water partition coefficient (Wildman–Crippen LogP) is 2.29. The third-order valence-corrected chi connectivity index (χ3v) is 2.51. The molecule has 0 unspecified atom stereocenters. The monoisotopic (exact) mass is 375 g/mol. The molecule has 106 valence electrons. The zero-order valence-corrected chi connectivity index (χ0v) is 13.6. The molecule has 1 rings (SSSR count). The number of aryl methyl sites for hydroxylation is 1. The first-order valence-corrected chi connectivity index (χ1v) is 6.09. The van der Waals surface area contributed by atoms with Gasteiger partial charge in [0.05, 0.1) is 0 Å². The highest BCUT2D eigenvalue weighted by Gasteiger charge is 1.96. The van der Waals surface area contributed by atoms with Gasteiger partial charge in [0.25, 0.3) is 0 Å². The fraction of sp³-hybridized carbons (Fsp3) is 0.357. The Morgan fingerprint density at radius 2 is 2.00 bits per heavy atom. The number of guanidine groups is 1. The molecule has 0 bridgehead atoms. The minimum absolute atomic E-state index is 0. The Balaban J connectivity index is 0.00000324. The van der Waals surface area contributed by atoms with E-state index in [1.54, 1.807) is 25.3 Å². The minimum atomic E-state index is 0. The van der Waals surface area contributed by atoms with E-state index >= 15 is 0 Å². The summed E-state index contributed by atoms with van der Waals surface area (Å²) in [5.41, 5.74) is 1.23. The summed E-state index contributed by atoms with van der Waals surface area (Å²) in [7, 11) is 1.75. The second-order valence-corrected chi connectivity index (χ2v) is 3.94. The largest absolute Gasteiger partial charge is 0.508 e. The van der Waals surface area contributed by atoms with Gasteiger partial charge in [0.15, 0.2) is 5.96 Å². The van der Waals surface area contributed by atoms with Gasteiger partial charge in [-0.1, -0.05) is 18.2 Å². The van der Waals surface area contributed by atoms with Crippen molar-refractivity contribution in [3.63, 3.8) is 0 Å². The lowest BCUT2D eigenvalue weighted by molar-refractivity contribution is 0.475. The van der Waals surface area contributed by atoms with Gasteiger partial charge in [-0.25, -0.2) is 0 Å². The number of nitrogens with one attached hydrogen (secondary N) is 2. The third kappa shape index (κ3) is 7.71. The van der Waals surface area contributed by atoms with E-state index in [9.17, 15) is 5.11 Å². The third-order valence-electron chi connectivity index (χ3n) is 2.51. The number of hydrogen-bond acceptors (Lipinski definition) is 2. The van der Waals surface area contributed by atoms with Crippen LogP contribution in [0.15, 0.2) is 41.9 Å². The molecule has 0 amide bonds. The molecule has 0 aliphatic heterocycles. The maximum atomic E-state index is 9.17. The zero-order chi connectivity index (χ0) is 13.2. The molecular formula is C14H22IN3O. The Labute approximate surface area is 132 Å². The molecule has 4 nitrogen and oxygen atoms in total. The smallest absolute Gasteiger partial charge is 0.191 e. The lowest BCUT2D eigenvalue weighted by atomic mass is 10.1. The maximum absolute atomic E-state index is 9.17. The molecule has 0 spiro atoms. The number of rotatable bonds is 6. The Kier molecular flexibility index (Phi) is 9.97. The number of hydrogen-bond donors (Lipinski definition) is 3. The SMILES string of the molecule is C=CCNC(=NC)NCCCc1ccc(O)cc1.I. The highest BCUT2D eigenvalue weighted by Crippen LogP contribution is 2.10. The van der Waals surface area contributed by atoms with E-state index in [-0.39, 0.29) is 24.0 Å². The van der Waals surface area contributed by atoms with Crippen LogP contribution in [0.2, 0.25) is 0 Å². The van der Waals surface area contributed by atoms with Crippen LogP contribution in [-0.2, 0) is 6.42 Å². The summed E-state index contributed by atoms with van der Waals surface area (Å²) < 4.78 is 0. The molecule has 0 saturated carbocycles. The van der Waals surface area contributed by atoms with Gasteiger partial charge in [0, 0.05) is 20.1 Å². The highest BCUT2D eigenvalue weighted by atomic mass is 127. The second-order valence-electron chi connectivity index (χ2n) is 3.94. The molecule has 0 fully saturated rings. The van der Waals surface area contributed by atoms with Crippen LogP contribution in [0.4, 0.5) is 0 Å². The first-order valence-electron chi connectivity index (χ1n) is 6.09. The normalized spacial score (nSPS) is 10.5. The van der Waals surface area contributed by atoms with Gasteiger partial charge in [0.1, 0.15) is 5.75 Å². The van der Waals surface area contributed by atoms with E-state index in [4.69, 9.17) is 0 Å². The van der Waals surface area contributed by atoms with E-state index in [1.807, 2.05) is 12.1 Å². The molecule has 3 N–H and O–H groups in total. The van der Waals surface area contributed by atoms with Crippen LogP contribution < -0.4 is 10.6 Å². The van der Waals surface area contributed by atoms with E-state index in [2.05, 4.69) is 22.2 Å². The number of nitrogens with zero attached hydrogens (tertiary/aromatic N) is 1. The number of benzene rings is 1. The number of phenolic OH excluding ortho intramolecular Hbond substituents is 1. The van der Waals surface area contributed by atoms with Crippen LogP contribution in [0.1, 0.15) is 12.0 Å². The molecule has 1 aromatic carbocycles. The standard InChI is InChI=1S/C14H21N3O.HI/c1-3-10-16-14(15-2)17-11-4-5-12-6-8-13(18)9-7-12;/h3,6-9,18H,1,4-5,10-11H2,2H3,(H2,15,16,17);1H. The average Bonchev–Trinajstić information content (AvgIpc) is 2.40. The van der Waals surface area contributed by atoms with Crippen molar-refractivity contribution >= 4 is 29.9 Å². The number of aliphatic imine (C=N–C) groups is 1. The Morgan fingerprint density at radius 1 is 1.32 bits per heavy atom. The second kappa shape index (κ2) is 10.7. The van der Waals surface area contributed by atoms with Crippen LogP contribution in [0, 0.1) is 0 Å². The van der Waals surface area contributed by atoms with E-state index in [0.29, 0.717) is 12.3 Å². The van der Waals surface area contributed by atoms with Gasteiger partial charge in [-0.05, 0) is 30.5 Å². The molecule has 5 heteroatoms. The molecule has 0 saturated heterocycles. The first-order chi connectivity index (χ1) is 8.76. The van der Waals surface area contributed by atoms with Crippen molar-refractivity contribution in [3.05, 3.63) is 42.5 Å². The van der Waals surface area contributed by atoms with Crippen molar-refractivity contribution in [1.82, 2.24) is 10.6 Å². The molecule has 0 heterocycles. The highest BCUT2D eigenvalue weighted by molar-refractivity contribution is 14.0. The molecule has 0 aliphatic rings. The van der Waals surface area contributed by atoms with Crippen LogP contribution in [0.3, 0.4) is 0 Å². The number of aromatic hydroxyl groups is 1. The van der Waals surface area contributed by atoms with Crippen LogP contribution >= 0.6 is 24.0 Å². The summed E-state index contributed by atoms with van der Waals surface area (Å²) in [6.45, 7) is 5.21. The van der Waals surface area contributed by atoms with Gasteiger partial charge in [-0.15, -0.1) is 30.6 Å². The first kappa shape index (κ1) is 17.8. The Bertz CT molecular complexity index is 390. The van der Waals surface area contributed by atoms with Crippen molar-refractivity contribution in [3.8, 4) is 5.75 Å². The van der Waals surface area contributed by atoms with E-state index in [0.717, 1.165) is 25.3 Å². The summed E-state index contributed by atoms with van der Waals surface area (Å²) in [5, 5.41) is 15.5. The lowest BCUT2D eigenvalue weighted by Gasteiger charge is -2.10. The van der Waals surface area contributed by atoms with Crippen molar-refractivity contribution in [2.45, 2.75) is 12.8 Å². The molecule has 0 atom stereocenters. The molecule has 1 aromatic rings. The van der Waals surface area contributed by atoms with Crippen molar-refractivity contribution in [2.24, 2.45) is 4.99 Å². The van der Waals surface area contributed by atoms with Gasteiger partial charge in [0.2, 0.25) is 0 Å². The van der Waals surface area contributed by atoms with Gasteiger partial charge in [-0.2, -0.15) is 0 Å². The summed E-state index contributed by atoms with van der Waals surface area (Å²) in [5.74, 6) is 1.10. The number of halogens is 1. The fourth-order valence-corrected chi connectivity index (χ4v) is 1.55. The van der Waals surface area contributed by atoms with Gasteiger partial charge >= 0.3 is 0 Å². The lowest BCUT2D eigenvalue weighted by Crippen LogP contribution is -2.37. The van der Waals surface area contributed by atoms with Crippen molar-refractivity contribution in [2.75, 3.05) is 20.1 Å². The van der Waals surface area contributed by atoms with Gasteiger partial charge in [-0.3, -0.25) is 4.99 Å². The van der Waals surface area contributed by atoms with Gasteiger partial charge < -0.3 is 15.7 Å². The van der Waals surface area contributed by atoms with Crippen LogP contribution in [0.5, 0.6) is 5.75 Å². The minimum Gasteiger partial charge on any atom is -0.508 e. The van der Waals surface area contributed by atoms with Crippen LogP contribution in [0.25, 0.3) is 0 Å². The molecular weight excluding hydrogens is 353 g/mol. The predicted molar refractivity (Wildman–Crippen MR) is 91.4 cm³/mol. The fourth-order valence-electron chi connectivity index (χ4n) is 1.55. The molecule has 0 aliphatic carbocycles. The average molecular weight is 375 g/mol. The van der Waals surface area contributed by atoms with Crippen LogP contribution in [-0.4, -0.2) is 31.2 Å². The Morgan fingerprint density at radius 3 is 2.58 bits per heavy atom. The van der Waals surface area contributed by atoms with Crippen molar-refractivity contribution in [1.29, 1.82) is 0 Å². The summed E-state index contributed by atoms with van der Waals surface area (Å²) in [4.78, 5) is 4.10. The summed E-state index contributed by atoms with van der Waals surface area (Å²) in [6, 6.07) is 7.32. The topological polar surface area (TPSA) is 56.7 Å².